The molecular weight excluding hydrogens is 631 g/mol. The van der Waals surface area contributed by atoms with Crippen molar-refractivity contribution in [3.05, 3.63) is 200 Å². The van der Waals surface area contributed by atoms with Crippen molar-refractivity contribution in [1.29, 1.82) is 0 Å². The third kappa shape index (κ3) is 6.39. The molecule has 0 bridgehead atoms. The van der Waals surface area contributed by atoms with Gasteiger partial charge in [-0.05, 0) is 91.7 Å². The summed E-state index contributed by atoms with van der Waals surface area (Å²) in [6, 6.07) is 66.3. The lowest BCUT2D eigenvalue weighted by atomic mass is 9.93. The van der Waals surface area contributed by atoms with E-state index in [0.29, 0.717) is 5.82 Å². The number of hydrogen-bond acceptors (Lipinski definition) is 3. The smallest absolute Gasteiger partial charge is 0.160 e. The molecule has 7 aromatic carbocycles. The zero-order valence-electron chi connectivity index (χ0n) is 28.4. The highest BCUT2D eigenvalue weighted by Gasteiger charge is 2.14. The Labute approximate surface area is 303 Å². The van der Waals surface area contributed by atoms with Crippen molar-refractivity contribution in [1.82, 2.24) is 15.0 Å². The van der Waals surface area contributed by atoms with E-state index in [-0.39, 0.29) is 0 Å². The van der Waals surface area contributed by atoms with Gasteiger partial charge in [-0.25, -0.2) is 9.97 Å². The van der Waals surface area contributed by atoms with Crippen LogP contribution in [0, 0.1) is 0 Å². The van der Waals surface area contributed by atoms with Crippen LogP contribution in [0.25, 0.3) is 89.2 Å². The normalized spacial score (nSPS) is 11.1. The lowest BCUT2D eigenvalue weighted by molar-refractivity contribution is 1.18. The van der Waals surface area contributed by atoms with Crippen LogP contribution in [-0.4, -0.2) is 15.0 Å². The Morgan fingerprint density at radius 2 is 0.750 bits per heavy atom. The van der Waals surface area contributed by atoms with Crippen molar-refractivity contribution in [3.8, 4) is 78.4 Å². The average molecular weight is 664 g/mol. The second-order valence-corrected chi connectivity index (χ2v) is 13.0. The van der Waals surface area contributed by atoms with Gasteiger partial charge in [0.15, 0.2) is 5.82 Å². The number of aromatic nitrogens is 3. The number of fused-ring (bicyclic) bond motifs is 1. The maximum absolute atomic E-state index is 5.22. The molecule has 52 heavy (non-hydrogen) atoms. The first kappa shape index (κ1) is 31.0. The molecule has 0 radical (unpaired) electrons. The van der Waals surface area contributed by atoms with E-state index < -0.39 is 0 Å². The second-order valence-electron chi connectivity index (χ2n) is 13.0. The second kappa shape index (κ2) is 13.7. The number of nitrogens with zero attached hydrogens (tertiary/aromatic N) is 3. The molecule has 0 spiro atoms. The fourth-order valence-electron chi connectivity index (χ4n) is 6.79. The number of rotatable bonds is 7. The molecule has 3 heteroatoms. The van der Waals surface area contributed by atoms with Crippen molar-refractivity contribution in [2.24, 2.45) is 0 Å². The maximum Gasteiger partial charge on any atom is 0.160 e. The molecule has 244 valence electrons. The molecule has 2 heterocycles. The molecule has 0 aliphatic heterocycles. The van der Waals surface area contributed by atoms with Crippen molar-refractivity contribution in [2.75, 3.05) is 0 Å². The highest BCUT2D eigenvalue weighted by atomic mass is 14.9. The predicted molar refractivity (Wildman–Crippen MR) is 215 cm³/mol. The molecule has 0 unspecified atom stereocenters. The number of hydrogen-bond donors (Lipinski definition) is 0. The molecule has 0 saturated carbocycles. The van der Waals surface area contributed by atoms with Crippen molar-refractivity contribution in [2.45, 2.75) is 0 Å². The van der Waals surface area contributed by atoms with E-state index in [4.69, 9.17) is 9.97 Å². The lowest BCUT2D eigenvalue weighted by Crippen LogP contribution is -1.96. The Hall–Kier alpha value is -6.97. The first-order valence-corrected chi connectivity index (χ1v) is 17.5. The van der Waals surface area contributed by atoms with Crippen LogP contribution < -0.4 is 0 Å². The Morgan fingerprint density at radius 1 is 0.269 bits per heavy atom. The summed E-state index contributed by atoms with van der Waals surface area (Å²) in [4.78, 5) is 14.7. The number of benzene rings is 7. The molecular formula is C49H33N3. The van der Waals surface area contributed by atoms with Crippen LogP contribution >= 0.6 is 0 Å². The highest BCUT2D eigenvalue weighted by molar-refractivity contribution is 5.89. The average Bonchev–Trinajstić information content (AvgIpc) is 3.24. The molecule has 0 aliphatic carbocycles. The Kier molecular flexibility index (Phi) is 8.20. The molecule has 0 atom stereocenters. The van der Waals surface area contributed by atoms with Crippen LogP contribution in [-0.2, 0) is 0 Å². The molecule has 0 fully saturated rings. The number of pyridine rings is 1. The van der Waals surface area contributed by atoms with Gasteiger partial charge in [0, 0.05) is 29.1 Å². The zero-order valence-corrected chi connectivity index (χ0v) is 28.4. The first-order valence-electron chi connectivity index (χ1n) is 17.5. The Bertz CT molecular complexity index is 2630. The largest absolute Gasteiger partial charge is 0.264 e. The van der Waals surface area contributed by atoms with E-state index >= 15 is 0 Å². The van der Waals surface area contributed by atoms with Crippen molar-refractivity contribution in [3.63, 3.8) is 0 Å². The zero-order chi connectivity index (χ0) is 34.7. The summed E-state index contributed by atoms with van der Waals surface area (Å²) in [7, 11) is 0. The van der Waals surface area contributed by atoms with Crippen LogP contribution in [0.2, 0.25) is 0 Å². The van der Waals surface area contributed by atoms with Crippen LogP contribution in [0.3, 0.4) is 0 Å². The van der Waals surface area contributed by atoms with E-state index in [9.17, 15) is 0 Å². The summed E-state index contributed by atoms with van der Waals surface area (Å²) in [5.74, 6) is 0.693. The molecule has 2 aromatic heterocycles. The van der Waals surface area contributed by atoms with Gasteiger partial charge in [0.05, 0.1) is 11.4 Å². The monoisotopic (exact) mass is 663 g/mol. The maximum atomic E-state index is 5.22. The summed E-state index contributed by atoms with van der Waals surface area (Å²) in [6.07, 6.45) is 3.71. The van der Waals surface area contributed by atoms with Crippen molar-refractivity contribution >= 4 is 10.8 Å². The van der Waals surface area contributed by atoms with Gasteiger partial charge in [-0.3, -0.25) is 4.98 Å². The Morgan fingerprint density at radius 3 is 1.42 bits per heavy atom. The molecule has 0 N–H and O–H groups in total. The van der Waals surface area contributed by atoms with E-state index in [0.717, 1.165) is 61.5 Å². The summed E-state index contributed by atoms with van der Waals surface area (Å²) < 4.78 is 0. The van der Waals surface area contributed by atoms with Gasteiger partial charge in [0.25, 0.3) is 0 Å². The third-order valence-electron chi connectivity index (χ3n) is 9.57. The molecule has 0 amide bonds. The van der Waals surface area contributed by atoms with Crippen molar-refractivity contribution < 1.29 is 0 Å². The Balaban J connectivity index is 1.20. The van der Waals surface area contributed by atoms with E-state index in [1.54, 1.807) is 6.20 Å². The predicted octanol–water partition coefficient (Wildman–Crippen LogP) is 12.7. The molecule has 0 aliphatic rings. The van der Waals surface area contributed by atoms with Gasteiger partial charge in [-0.1, -0.05) is 152 Å². The van der Waals surface area contributed by atoms with Gasteiger partial charge in [0.1, 0.15) is 0 Å². The van der Waals surface area contributed by atoms with E-state index in [1.165, 1.54) is 21.9 Å². The van der Waals surface area contributed by atoms with E-state index in [1.807, 2.05) is 36.5 Å². The fourth-order valence-corrected chi connectivity index (χ4v) is 6.79. The summed E-state index contributed by atoms with van der Waals surface area (Å²) in [5, 5.41) is 2.43. The topological polar surface area (TPSA) is 38.7 Å². The van der Waals surface area contributed by atoms with Crippen LogP contribution in [0.1, 0.15) is 0 Å². The molecule has 9 rings (SSSR count). The molecule has 0 saturated heterocycles. The standard InChI is InChI=1S/C49H33N3/c1-3-10-34(11-4-1)36-21-24-39(25-22-36)47-32-48(52-49(51-47)40-13-5-2-6-14-40)46-30-44(38-19-17-37(18-20-38)43-16-9-27-50-33-43)29-45(31-46)42-26-23-35-12-7-8-15-41(35)28-42/h1-33H. The quantitative estimate of drug-likeness (QED) is 0.170. The summed E-state index contributed by atoms with van der Waals surface area (Å²) >= 11 is 0. The fraction of sp³-hybridized carbons (Fsp3) is 0. The van der Waals surface area contributed by atoms with E-state index in [2.05, 4.69) is 163 Å². The molecule has 9 aromatic rings. The van der Waals surface area contributed by atoms with Crippen LogP contribution in [0.5, 0.6) is 0 Å². The van der Waals surface area contributed by atoms with Gasteiger partial charge in [-0.2, -0.15) is 0 Å². The van der Waals surface area contributed by atoms with Gasteiger partial charge in [-0.15, -0.1) is 0 Å². The minimum Gasteiger partial charge on any atom is -0.264 e. The summed E-state index contributed by atoms with van der Waals surface area (Å²) in [6.45, 7) is 0. The summed E-state index contributed by atoms with van der Waals surface area (Å²) in [5.41, 5.74) is 13.9. The lowest BCUT2D eigenvalue weighted by Gasteiger charge is -2.14. The molecule has 3 nitrogen and oxygen atoms in total. The highest BCUT2D eigenvalue weighted by Crippen LogP contribution is 2.36. The minimum absolute atomic E-state index is 0.693. The van der Waals surface area contributed by atoms with Gasteiger partial charge >= 0.3 is 0 Å². The van der Waals surface area contributed by atoms with Gasteiger partial charge < -0.3 is 0 Å². The third-order valence-corrected chi connectivity index (χ3v) is 9.57. The SMILES string of the molecule is c1ccc(-c2ccc(-c3cc(-c4cc(-c5ccc(-c6cccnc6)cc5)cc(-c5ccc6ccccc6c5)c4)nc(-c4ccccc4)n3)cc2)cc1. The minimum atomic E-state index is 0.693. The van der Waals surface area contributed by atoms with Crippen LogP contribution in [0.15, 0.2) is 200 Å². The van der Waals surface area contributed by atoms with Crippen LogP contribution in [0.4, 0.5) is 0 Å². The van der Waals surface area contributed by atoms with Gasteiger partial charge in [0.2, 0.25) is 0 Å². The first-order chi connectivity index (χ1) is 25.7.